The van der Waals surface area contributed by atoms with Gasteiger partial charge in [0, 0.05) is 25.3 Å². The van der Waals surface area contributed by atoms with Crippen molar-refractivity contribution in [3.8, 4) is 0 Å². The number of hydrogen-bond donors (Lipinski definition) is 1. The highest BCUT2D eigenvalue weighted by atomic mass is 16.5. The first kappa shape index (κ1) is 14.7. The van der Waals surface area contributed by atoms with Gasteiger partial charge in [0.1, 0.15) is 6.54 Å². The summed E-state index contributed by atoms with van der Waals surface area (Å²) in [6.45, 7) is 4.41. The SMILES string of the molecule is CCOC(=O)CNC(=O)N1CC(N2CCc3ccccc32)C1. The van der Waals surface area contributed by atoms with Gasteiger partial charge in [-0.3, -0.25) is 4.79 Å². The predicted molar refractivity (Wildman–Crippen MR) is 82.9 cm³/mol. The van der Waals surface area contributed by atoms with Crippen LogP contribution in [-0.2, 0) is 16.0 Å². The molecule has 118 valence electrons. The van der Waals surface area contributed by atoms with Gasteiger partial charge < -0.3 is 19.9 Å². The van der Waals surface area contributed by atoms with Gasteiger partial charge in [0.05, 0.1) is 12.6 Å². The number of ether oxygens (including phenoxy) is 1. The van der Waals surface area contributed by atoms with Crippen LogP contribution < -0.4 is 10.2 Å². The van der Waals surface area contributed by atoms with Crippen LogP contribution in [0.25, 0.3) is 0 Å². The number of hydrogen-bond acceptors (Lipinski definition) is 4. The summed E-state index contributed by atoms with van der Waals surface area (Å²) >= 11 is 0. The molecule has 6 heteroatoms. The Morgan fingerprint density at radius 1 is 1.32 bits per heavy atom. The van der Waals surface area contributed by atoms with Crippen molar-refractivity contribution in [1.82, 2.24) is 10.2 Å². The standard InChI is InChI=1S/C16H21N3O3/c1-2-22-15(20)9-17-16(21)18-10-13(11-18)19-8-7-12-5-3-4-6-14(12)19/h3-6,13H,2,7-11H2,1H3,(H,17,21). The number of carbonyl (C=O) groups excluding carboxylic acids is 2. The van der Waals surface area contributed by atoms with Gasteiger partial charge in [0.2, 0.25) is 0 Å². The van der Waals surface area contributed by atoms with Gasteiger partial charge in [-0.15, -0.1) is 0 Å². The van der Waals surface area contributed by atoms with Gasteiger partial charge in [-0.2, -0.15) is 0 Å². The number of fused-ring (bicyclic) bond motifs is 1. The molecule has 1 N–H and O–H groups in total. The highest BCUT2D eigenvalue weighted by molar-refractivity contribution is 5.81. The Bertz CT molecular complexity index is 570. The molecule has 1 aromatic rings. The van der Waals surface area contributed by atoms with Crippen LogP contribution in [0.15, 0.2) is 24.3 Å². The van der Waals surface area contributed by atoms with Crippen LogP contribution in [0.1, 0.15) is 12.5 Å². The minimum atomic E-state index is -0.401. The summed E-state index contributed by atoms with van der Waals surface area (Å²) in [7, 11) is 0. The molecule has 3 rings (SSSR count). The van der Waals surface area contributed by atoms with E-state index in [2.05, 4.69) is 34.5 Å². The molecule has 0 saturated carbocycles. The number of amides is 2. The lowest BCUT2D eigenvalue weighted by Crippen LogP contribution is -2.63. The van der Waals surface area contributed by atoms with Crippen LogP contribution >= 0.6 is 0 Å². The molecule has 0 radical (unpaired) electrons. The number of carbonyl (C=O) groups is 2. The molecule has 0 unspecified atom stereocenters. The molecule has 2 aliphatic heterocycles. The molecule has 0 spiro atoms. The molecule has 2 amide bonds. The fraction of sp³-hybridized carbons (Fsp3) is 0.500. The maximum atomic E-state index is 11.9. The third-order valence-corrected chi connectivity index (χ3v) is 4.20. The first-order chi connectivity index (χ1) is 10.7. The van der Waals surface area contributed by atoms with E-state index in [1.54, 1.807) is 11.8 Å². The van der Waals surface area contributed by atoms with Crippen LogP contribution in [0.5, 0.6) is 0 Å². The molecular formula is C16H21N3O3. The van der Waals surface area contributed by atoms with E-state index in [0.29, 0.717) is 25.7 Å². The number of esters is 1. The van der Waals surface area contributed by atoms with E-state index in [4.69, 9.17) is 4.74 Å². The highest BCUT2D eigenvalue weighted by Crippen LogP contribution is 2.31. The predicted octanol–water partition coefficient (Wildman–Crippen LogP) is 1.01. The van der Waals surface area contributed by atoms with E-state index in [1.807, 2.05) is 0 Å². The zero-order valence-corrected chi connectivity index (χ0v) is 12.7. The van der Waals surface area contributed by atoms with Gasteiger partial charge >= 0.3 is 12.0 Å². The van der Waals surface area contributed by atoms with Crippen LogP contribution in [0.3, 0.4) is 0 Å². The molecule has 22 heavy (non-hydrogen) atoms. The molecule has 0 bridgehead atoms. The Kier molecular flexibility index (Phi) is 4.18. The van der Waals surface area contributed by atoms with E-state index in [-0.39, 0.29) is 12.6 Å². The van der Waals surface area contributed by atoms with Crippen LogP contribution in [-0.4, -0.2) is 55.7 Å². The summed E-state index contributed by atoms with van der Waals surface area (Å²) in [5.41, 5.74) is 2.67. The third kappa shape index (κ3) is 2.86. The summed E-state index contributed by atoms with van der Waals surface area (Å²) in [6, 6.07) is 8.61. The highest BCUT2D eigenvalue weighted by Gasteiger charge is 2.37. The first-order valence-corrected chi connectivity index (χ1v) is 7.72. The van der Waals surface area contributed by atoms with Crippen molar-refractivity contribution in [2.75, 3.05) is 37.7 Å². The lowest BCUT2D eigenvalue weighted by atomic mass is 10.1. The number of rotatable bonds is 4. The molecule has 1 fully saturated rings. The smallest absolute Gasteiger partial charge is 0.325 e. The number of nitrogens with one attached hydrogen (secondary N) is 1. The largest absolute Gasteiger partial charge is 0.465 e. The number of nitrogens with zero attached hydrogens (tertiary/aromatic N) is 2. The minimum Gasteiger partial charge on any atom is -0.465 e. The quantitative estimate of drug-likeness (QED) is 0.843. The molecule has 0 atom stereocenters. The first-order valence-electron chi connectivity index (χ1n) is 7.72. The van der Waals surface area contributed by atoms with Crippen molar-refractivity contribution in [2.45, 2.75) is 19.4 Å². The van der Waals surface area contributed by atoms with Gasteiger partial charge in [0.15, 0.2) is 0 Å². The summed E-state index contributed by atoms with van der Waals surface area (Å²) in [5.74, 6) is -0.401. The zero-order valence-electron chi connectivity index (χ0n) is 12.7. The Hall–Kier alpha value is -2.24. The van der Waals surface area contributed by atoms with E-state index in [1.165, 1.54) is 11.3 Å². The fourth-order valence-corrected chi connectivity index (χ4v) is 3.03. The van der Waals surface area contributed by atoms with Crippen molar-refractivity contribution in [1.29, 1.82) is 0 Å². The maximum absolute atomic E-state index is 11.9. The number of para-hydroxylation sites is 1. The van der Waals surface area contributed by atoms with Crippen molar-refractivity contribution >= 4 is 17.7 Å². The number of likely N-dealkylation sites (tertiary alicyclic amines) is 1. The van der Waals surface area contributed by atoms with E-state index in [0.717, 1.165) is 13.0 Å². The van der Waals surface area contributed by atoms with Gasteiger partial charge in [0.25, 0.3) is 0 Å². The molecule has 2 heterocycles. The van der Waals surface area contributed by atoms with Crippen LogP contribution in [0.2, 0.25) is 0 Å². The van der Waals surface area contributed by atoms with Crippen molar-refractivity contribution in [3.05, 3.63) is 29.8 Å². The van der Waals surface area contributed by atoms with E-state index >= 15 is 0 Å². The van der Waals surface area contributed by atoms with Crippen LogP contribution in [0.4, 0.5) is 10.5 Å². The Morgan fingerprint density at radius 3 is 2.86 bits per heavy atom. The molecule has 1 saturated heterocycles. The summed E-state index contributed by atoms with van der Waals surface area (Å²) in [5, 5.41) is 2.59. The van der Waals surface area contributed by atoms with Crippen molar-refractivity contribution < 1.29 is 14.3 Å². The normalized spacial score (nSPS) is 17.0. The second-order valence-corrected chi connectivity index (χ2v) is 5.59. The second-order valence-electron chi connectivity index (χ2n) is 5.59. The summed E-state index contributed by atoms with van der Waals surface area (Å²) in [6.07, 6.45) is 1.07. The molecular weight excluding hydrogens is 282 g/mol. The summed E-state index contributed by atoms with van der Waals surface area (Å²) in [4.78, 5) is 27.3. The van der Waals surface area contributed by atoms with Crippen LogP contribution in [0, 0.1) is 0 Å². The Labute approximate surface area is 130 Å². The molecule has 2 aliphatic rings. The van der Waals surface area contributed by atoms with Gasteiger partial charge in [-0.25, -0.2) is 4.79 Å². The van der Waals surface area contributed by atoms with Crippen molar-refractivity contribution in [3.63, 3.8) is 0 Å². The lowest BCUT2D eigenvalue weighted by Gasteiger charge is -2.44. The lowest BCUT2D eigenvalue weighted by molar-refractivity contribution is -0.141. The van der Waals surface area contributed by atoms with E-state index < -0.39 is 5.97 Å². The number of anilines is 1. The third-order valence-electron chi connectivity index (χ3n) is 4.20. The molecule has 0 aromatic heterocycles. The molecule has 6 nitrogen and oxygen atoms in total. The minimum absolute atomic E-state index is 0.0691. The average molecular weight is 303 g/mol. The van der Waals surface area contributed by atoms with E-state index in [9.17, 15) is 9.59 Å². The summed E-state index contributed by atoms with van der Waals surface area (Å²) < 4.78 is 4.78. The van der Waals surface area contributed by atoms with Gasteiger partial charge in [-0.05, 0) is 25.0 Å². The zero-order chi connectivity index (χ0) is 15.5. The number of urea groups is 1. The van der Waals surface area contributed by atoms with Gasteiger partial charge in [-0.1, -0.05) is 18.2 Å². The maximum Gasteiger partial charge on any atom is 0.325 e. The molecule has 1 aromatic carbocycles. The topological polar surface area (TPSA) is 61.9 Å². The Morgan fingerprint density at radius 2 is 2.09 bits per heavy atom. The number of benzene rings is 1. The monoisotopic (exact) mass is 303 g/mol. The molecule has 0 aliphatic carbocycles. The Balaban J connectivity index is 1.47. The average Bonchev–Trinajstić information content (AvgIpc) is 2.88. The van der Waals surface area contributed by atoms with Crippen molar-refractivity contribution in [2.24, 2.45) is 0 Å². The second kappa shape index (κ2) is 6.25. The fourth-order valence-electron chi connectivity index (χ4n) is 3.03.